The molecular weight excluding hydrogens is 388 g/mol. The average Bonchev–Trinajstić information content (AvgIpc) is 2.80. The van der Waals surface area contributed by atoms with Gasteiger partial charge in [-0.1, -0.05) is 37.5 Å². The molecule has 2 amide bonds. The summed E-state index contributed by atoms with van der Waals surface area (Å²) in [5.41, 5.74) is 3.71. The Morgan fingerprint density at radius 3 is 2.48 bits per heavy atom. The van der Waals surface area contributed by atoms with Crippen LogP contribution in [0.25, 0.3) is 0 Å². The monoisotopic (exact) mass is 420 g/mol. The lowest BCUT2D eigenvalue weighted by Crippen LogP contribution is -2.37. The topological polar surface area (TPSA) is 67.4 Å². The summed E-state index contributed by atoms with van der Waals surface area (Å²) in [4.78, 5) is 25.6. The number of para-hydroxylation sites is 1. The number of rotatable bonds is 6. The Hall–Kier alpha value is -2.82. The van der Waals surface area contributed by atoms with Crippen molar-refractivity contribution in [1.29, 1.82) is 0 Å². The summed E-state index contributed by atoms with van der Waals surface area (Å²) in [5.74, 6) is 0.313. The van der Waals surface area contributed by atoms with Crippen molar-refractivity contribution < 1.29 is 14.3 Å². The number of hydrogen-bond donors (Lipinski definition) is 2. The summed E-state index contributed by atoms with van der Waals surface area (Å²) in [6, 6.07) is 13.5. The number of ether oxygens (including phenoxy) is 1. The first-order valence-corrected chi connectivity index (χ1v) is 11.6. The van der Waals surface area contributed by atoms with E-state index in [2.05, 4.69) is 22.8 Å². The highest BCUT2D eigenvalue weighted by Crippen LogP contribution is 2.26. The average molecular weight is 421 g/mol. The molecule has 1 saturated carbocycles. The zero-order valence-corrected chi connectivity index (χ0v) is 18.3. The fourth-order valence-corrected chi connectivity index (χ4v) is 4.58. The molecule has 0 aromatic heterocycles. The Bertz CT molecular complexity index is 934. The van der Waals surface area contributed by atoms with Gasteiger partial charge >= 0.3 is 0 Å². The molecule has 2 aliphatic rings. The van der Waals surface area contributed by atoms with Crippen LogP contribution in [0.2, 0.25) is 0 Å². The second-order valence-corrected chi connectivity index (χ2v) is 8.74. The maximum atomic E-state index is 12.8. The first-order valence-electron chi connectivity index (χ1n) is 11.6. The van der Waals surface area contributed by atoms with Gasteiger partial charge in [0, 0.05) is 6.04 Å². The second kappa shape index (κ2) is 9.99. The molecule has 0 radical (unpaired) electrons. The Morgan fingerprint density at radius 2 is 1.68 bits per heavy atom. The van der Waals surface area contributed by atoms with Crippen molar-refractivity contribution >= 4 is 17.5 Å². The van der Waals surface area contributed by atoms with Crippen LogP contribution in [0.3, 0.4) is 0 Å². The van der Waals surface area contributed by atoms with Crippen LogP contribution >= 0.6 is 0 Å². The maximum absolute atomic E-state index is 12.8. The van der Waals surface area contributed by atoms with E-state index in [0.717, 1.165) is 38.5 Å². The highest BCUT2D eigenvalue weighted by molar-refractivity contribution is 6.04. The number of amides is 2. The van der Waals surface area contributed by atoms with Gasteiger partial charge in [0.25, 0.3) is 11.8 Å². The van der Waals surface area contributed by atoms with Crippen LogP contribution in [0.1, 0.15) is 73.4 Å². The number of carbonyl (C=O) groups is 2. The fourth-order valence-electron chi connectivity index (χ4n) is 4.58. The first-order chi connectivity index (χ1) is 15.1. The van der Waals surface area contributed by atoms with Gasteiger partial charge in [0.05, 0.1) is 11.3 Å². The molecule has 0 saturated heterocycles. The van der Waals surface area contributed by atoms with Gasteiger partial charge in [-0.05, 0) is 80.8 Å². The Kier molecular flexibility index (Phi) is 6.90. The molecule has 2 aliphatic carbocycles. The van der Waals surface area contributed by atoms with Crippen LogP contribution in [0.5, 0.6) is 5.75 Å². The number of benzene rings is 2. The predicted molar refractivity (Wildman–Crippen MR) is 123 cm³/mol. The van der Waals surface area contributed by atoms with Crippen molar-refractivity contribution in [3.8, 4) is 5.75 Å². The largest absolute Gasteiger partial charge is 0.481 e. The van der Waals surface area contributed by atoms with Crippen LogP contribution in [0, 0.1) is 0 Å². The third kappa shape index (κ3) is 5.46. The van der Waals surface area contributed by atoms with E-state index in [-0.39, 0.29) is 17.9 Å². The molecule has 1 atom stereocenters. The smallest absolute Gasteiger partial charge is 0.265 e. The van der Waals surface area contributed by atoms with Gasteiger partial charge in [-0.15, -0.1) is 0 Å². The number of fused-ring (bicyclic) bond motifs is 1. The predicted octanol–water partition coefficient (Wildman–Crippen LogP) is 5.03. The lowest BCUT2D eigenvalue weighted by molar-refractivity contribution is -0.122. The molecule has 2 aromatic rings. The maximum Gasteiger partial charge on any atom is 0.265 e. The van der Waals surface area contributed by atoms with Crippen molar-refractivity contribution in [3.05, 3.63) is 59.2 Å². The fraction of sp³-hybridized carbons (Fsp3) is 0.462. The normalized spacial score (nSPS) is 17.3. The van der Waals surface area contributed by atoms with Gasteiger partial charge in [-0.2, -0.15) is 0 Å². The number of carbonyl (C=O) groups excluding carboxylic acids is 2. The van der Waals surface area contributed by atoms with Crippen molar-refractivity contribution in [2.24, 2.45) is 0 Å². The summed E-state index contributed by atoms with van der Waals surface area (Å²) in [6.07, 6.45) is 9.53. The van der Waals surface area contributed by atoms with Crippen LogP contribution in [-0.2, 0) is 17.6 Å². The lowest BCUT2D eigenvalue weighted by Gasteiger charge is -2.23. The van der Waals surface area contributed by atoms with E-state index in [1.165, 1.54) is 30.4 Å². The molecule has 2 aromatic carbocycles. The summed E-state index contributed by atoms with van der Waals surface area (Å²) >= 11 is 0. The number of nitrogens with one attached hydrogen (secondary N) is 2. The van der Waals surface area contributed by atoms with Gasteiger partial charge < -0.3 is 15.4 Å². The Morgan fingerprint density at radius 1 is 0.935 bits per heavy atom. The van der Waals surface area contributed by atoms with Crippen LogP contribution in [0.15, 0.2) is 42.5 Å². The van der Waals surface area contributed by atoms with Crippen LogP contribution < -0.4 is 15.4 Å². The Labute approximate surface area is 184 Å². The summed E-state index contributed by atoms with van der Waals surface area (Å²) in [6.45, 7) is 1.74. The summed E-state index contributed by atoms with van der Waals surface area (Å²) in [7, 11) is 0. The van der Waals surface area contributed by atoms with E-state index < -0.39 is 6.10 Å². The Balaban J connectivity index is 1.39. The molecule has 0 bridgehead atoms. The minimum Gasteiger partial charge on any atom is -0.481 e. The molecule has 1 fully saturated rings. The second-order valence-electron chi connectivity index (χ2n) is 8.74. The molecule has 2 N–H and O–H groups in total. The van der Waals surface area contributed by atoms with Crippen molar-refractivity contribution in [1.82, 2.24) is 5.32 Å². The van der Waals surface area contributed by atoms with E-state index in [1.54, 1.807) is 19.1 Å². The van der Waals surface area contributed by atoms with Crippen molar-refractivity contribution in [2.45, 2.75) is 76.9 Å². The molecule has 31 heavy (non-hydrogen) atoms. The molecule has 0 unspecified atom stereocenters. The summed E-state index contributed by atoms with van der Waals surface area (Å²) in [5, 5.41) is 6.01. The zero-order valence-electron chi connectivity index (χ0n) is 18.3. The quantitative estimate of drug-likeness (QED) is 0.688. The van der Waals surface area contributed by atoms with E-state index in [9.17, 15) is 9.59 Å². The first kappa shape index (κ1) is 21.4. The highest BCUT2D eigenvalue weighted by atomic mass is 16.5. The minimum absolute atomic E-state index is 0.133. The van der Waals surface area contributed by atoms with E-state index in [4.69, 9.17) is 4.74 Å². The van der Waals surface area contributed by atoms with E-state index in [1.807, 2.05) is 18.2 Å². The van der Waals surface area contributed by atoms with Gasteiger partial charge in [0.15, 0.2) is 6.10 Å². The van der Waals surface area contributed by atoms with E-state index in [0.29, 0.717) is 17.0 Å². The van der Waals surface area contributed by atoms with Crippen molar-refractivity contribution in [2.75, 3.05) is 5.32 Å². The molecule has 164 valence electrons. The molecule has 0 spiro atoms. The van der Waals surface area contributed by atoms with E-state index >= 15 is 0 Å². The number of hydrogen-bond acceptors (Lipinski definition) is 3. The van der Waals surface area contributed by atoms with Gasteiger partial charge in [0.2, 0.25) is 0 Å². The zero-order chi connectivity index (χ0) is 21.6. The molecular formula is C26H32N2O3. The molecule has 0 heterocycles. The molecule has 5 heteroatoms. The third-order valence-corrected chi connectivity index (χ3v) is 6.37. The van der Waals surface area contributed by atoms with Gasteiger partial charge in [-0.3, -0.25) is 9.59 Å². The highest BCUT2D eigenvalue weighted by Gasteiger charge is 2.21. The van der Waals surface area contributed by atoms with Crippen LogP contribution in [0.4, 0.5) is 5.69 Å². The minimum atomic E-state index is -0.670. The standard InChI is InChI=1S/C26H32N2O3/c1-18(31-22-16-15-19-9-5-6-10-20(19)17-22)25(29)28-24-14-8-7-13-23(24)26(30)27-21-11-3-2-4-12-21/h7-8,13-18,21H,2-6,9-12H2,1H3,(H,27,30)(H,28,29)/t18-/m0/s1. The SMILES string of the molecule is C[C@H](Oc1ccc2c(c1)CCCC2)C(=O)Nc1ccccc1C(=O)NC1CCCCC1. The molecule has 0 aliphatic heterocycles. The van der Waals surface area contributed by atoms with Crippen LogP contribution in [-0.4, -0.2) is 24.0 Å². The van der Waals surface area contributed by atoms with Crippen molar-refractivity contribution in [3.63, 3.8) is 0 Å². The number of anilines is 1. The van der Waals surface area contributed by atoms with Gasteiger partial charge in [0.1, 0.15) is 5.75 Å². The number of aryl methyl sites for hydroxylation is 2. The lowest BCUT2D eigenvalue weighted by atomic mass is 9.92. The summed E-state index contributed by atoms with van der Waals surface area (Å²) < 4.78 is 5.92. The molecule has 4 rings (SSSR count). The molecule has 5 nitrogen and oxygen atoms in total. The van der Waals surface area contributed by atoms with Gasteiger partial charge in [-0.25, -0.2) is 0 Å². The third-order valence-electron chi connectivity index (χ3n) is 6.37.